The fourth-order valence-electron chi connectivity index (χ4n) is 1.17. The number of pyridine rings is 1. The third-order valence-corrected chi connectivity index (χ3v) is 2.63. The molecule has 0 saturated heterocycles. The molecule has 0 aliphatic carbocycles. The maximum absolute atomic E-state index is 11.7. The van der Waals surface area contributed by atoms with Crippen LogP contribution in [0.15, 0.2) is 22.8 Å². The maximum Gasteiger partial charge on any atom is 0.326 e. The number of halogens is 1. The number of carbonyl (C=O) groups is 2. The first-order valence-corrected chi connectivity index (χ1v) is 5.60. The topological polar surface area (TPSA) is 99.5 Å². The summed E-state index contributed by atoms with van der Waals surface area (Å²) in [7, 11) is 0. The summed E-state index contributed by atoms with van der Waals surface area (Å²) in [4.78, 5) is 26.3. The first kappa shape index (κ1) is 13.6. The second-order valence-corrected chi connectivity index (χ2v) is 4.06. The number of nitrogens with one attached hydrogen (secondary N) is 1. The molecule has 0 aliphatic heterocycles. The van der Waals surface area contributed by atoms with Gasteiger partial charge >= 0.3 is 5.97 Å². The molecule has 1 aromatic rings. The van der Waals surface area contributed by atoms with Gasteiger partial charge in [0.15, 0.2) is 0 Å². The molecule has 3 N–H and O–H groups in total. The van der Waals surface area contributed by atoms with Crippen LogP contribution in [0.25, 0.3) is 0 Å². The molecule has 1 atom stereocenters. The van der Waals surface area contributed by atoms with E-state index >= 15 is 0 Å². The van der Waals surface area contributed by atoms with E-state index in [2.05, 4.69) is 26.2 Å². The molecule has 1 unspecified atom stereocenters. The molecule has 0 radical (unpaired) electrons. The van der Waals surface area contributed by atoms with Gasteiger partial charge in [0.2, 0.25) is 0 Å². The molecular formula is C10H11BrN2O4. The van der Waals surface area contributed by atoms with Crippen LogP contribution in [0.2, 0.25) is 0 Å². The van der Waals surface area contributed by atoms with Crippen molar-refractivity contribution in [2.75, 3.05) is 6.61 Å². The molecule has 0 saturated carbocycles. The molecule has 1 amide bonds. The van der Waals surface area contributed by atoms with Gasteiger partial charge in [0.1, 0.15) is 11.7 Å². The minimum Gasteiger partial charge on any atom is -0.480 e. The lowest BCUT2D eigenvalue weighted by atomic mass is 10.2. The van der Waals surface area contributed by atoms with Gasteiger partial charge in [-0.2, -0.15) is 0 Å². The zero-order chi connectivity index (χ0) is 12.8. The third kappa shape index (κ3) is 3.79. The highest BCUT2D eigenvalue weighted by Gasteiger charge is 2.21. The van der Waals surface area contributed by atoms with Crippen molar-refractivity contribution in [1.82, 2.24) is 10.3 Å². The largest absolute Gasteiger partial charge is 0.480 e. The third-order valence-electron chi connectivity index (χ3n) is 1.99. The van der Waals surface area contributed by atoms with E-state index in [9.17, 15) is 9.59 Å². The van der Waals surface area contributed by atoms with Crippen molar-refractivity contribution >= 4 is 27.8 Å². The van der Waals surface area contributed by atoms with Gasteiger partial charge < -0.3 is 15.5 Å². The van der Waals surface area contributed by atoms with Gasteiger partial charge in [0.25, 0.3) is 5.91 Å². The number of aliphatic hydroxyl groups excluding tert-OH is 1. The molecular weight excluding hydrogens is 292 g/mol. The molecule has 1 aromatic heterocycles. The molecule has 17 heavy (non-hydrogen) atoms. The fourth-order valence-corrected chi connectivity index (χ4v) is 1.60. The summed E-state index contributed by atoms with van der Waals surface area (Å²) in [5.41, 5.74) is 0.108. The van der Waals surface area contributed by atoms with Crippen molar-refractivity contribution in [2.45, 2.75) is 12.5 Å². The van der Waals surface area contributed by atoms with E-state index in [1.807, 2.05) is 0 Å². The van der Waals surface area contributed by atoms with Crippen molar-refractivity contribution in [3.8, 4) is 0 Å². The standard InChI is InChI=1S/C10H11BrN2O4/c11-6-2-1-4-12-8(6)9(15)13-7(3-5-14)10(16)17/h1-2,4,7,14H,3,5H2,(H,13,15)(H,16,17). The number of hydrogen-bond donors (Lipinski definition) is 3. The molecule has 0 fully saturated rings. The number of carboxylic acid groups (broad SMARTS) is 1. The second kappa shape index (κ2) is 6.31. The van der Waals surface area contributed by atoms with Gasteiger partial charge in [0, 0.05) is 23.7 Å². The van der Waals surface area contributed by atoms with Crippen molar-refractivity contribution in [3.05, 3.63) is 28.5 Å². The Balaban J connectivity index is 2.77. The Bertz CT molecular complexity index is 425. The van der Waals surface area contributed by atoms with E-state index < -0.39 is 17.9 Å². The predicted molar refractivity (Wildman–Crippen MR) is 62.5 cm³/mol. The monoisotopic (exact) mass is 302 g/mol. The Hall–Kier alpha value is -1.47. The van der Waals surface area contributed by atoms with Crippen molar-refractivity contribution in [2.24, 2.45) is 0 Å². The molecule has 1 heterocycles. The number of amides is 1. The minimum absolute atomic E-state index is 0.0501. The number of carboxylic acids is 1. The molecule has 6 nitrogen and oxygen atoms in total. The minimum atomic E-state index is -1.19. The zero-order valence-electron chi connectivity index (χ0n) is 8.76. The van der Waals surface area contributed by atoms with E-state index in [4.69, 9.17) is 10.2 Å². The van der Waals surface area contributed by atoms with Gasteiger partial charge in [-0.25, -0.2) is 9.78 Å². The van der Waals surface area contributed by atoms with Crippen LogP contribution in [0.5, 0.6) is 0 Å². The van der Waals surface area contributed by atoms with E-state index in [-0.39, 0.29) is 18.7 Å². The molecule has 92 valence electrons. The number of carbonyl (C=O) groups excluding carboxylic acids is 1. The van der Waals surface area contributed by atoms with Crippen molar-refractivity contribution in [3.63, 3.8) is 0 Å². The van der Waals surface area contributed by atoms with E-state index in [1.54, 1.807) is 12.1 Å². The lowest BCUT2D eigenvalue weighted by Crippen LogP contribution is -2.41. The number of hydrogen-bond acceptors (Lipinski definition) is 4. The molecule has 0 aromatic carbocycles. The Morgan fingerprint density at radius 3 is 2.76 bits per heavy atom. The van der Waals surface area contributed by atoms with Crippen LogP contribution in [0.4, 0.5) is 0 Å². The van der Waals surface area contributed by atoms with Crippen LogP contribution in [0.1, 0.15) is 16.9 Å². The first-order valence-electron chi connectivity index (χ1n) is 4.81. The molecule has 0 spiro atoms. The maximum atomic E-state index is 11.7. The normalized spacial score (nSPS) is 11.9. The quantitative estimate of drug-likeness (QED) is 0.731. The number of aliphatic hydroxyl groups is 1. The highest BCUT2D eigenvalue weighted by atomic mass is 79.9. The molecule has 0 bridgehead atoms. The summed E-state index contributed by atoms with van der Waals surface area (Å²) in [6.45, 7) is -0.319. The van der Waals surface area contributed by atoms with Gasteiger partial charge in [-0.1, -0.05) is 0 Å². The zero-order valence-corrected chi connectivity index (χ0v) is 10.3. The second-order valence-electron chi connectivity index (χ2n) is 3.21. The summed E-state index contributed by atoms with van der Waals surface area (Å²) in [5.74, 6) is -1.79. The van der Waals surface area contributed by atoms with Crippen molar-refractivity contribution < 1.29 is 19.8 Å². The van der Waals surface area contributed by atoms with Gasteiger partial charge in [0.05, 0.1) is 0 Å². The highest BCUT2D eigenvalue weighted by Crippen LogP contribution is 2.13. The van der Waals surface area contributed by atoms with E-state index in [0.717, 1.165) is 0 Å². The van der Waals surface area contributed by atoms with Crippen LogP contribution in [0.3, 0.4) is 0 Å². The summed E-state index contributed by atoms with van der Waals surface area (Å²) in [6.07, 6.45) is 1.38. The van der Waals surface area contributed by atoms with E-state index in [1.165, 1.54) is 6.20 Å². The van der Waals surface area contributed by atoms with Crippen LogP contribution < -0.4 is 5.32 Å². The summed E-state index contributed by atoms with van der Waals surface area (Å²) < 4.78 is 0.477. The van der Waals surface area contributed by atoms with Crippen LogP contribution >= 0.6 is 15.9 Å². The van der Waals surface area contributed by atoms with Crippen molar-refractivity contribution in [1.29, 1.82) is 0 Å². The lowest BCUT2D eigenvalue weighted by molar-refractivity contribution is -0.139. The number of nitrogens with zero attached hydrogens (tertiary/aromatic N) is 1. The first-order chi connectivity index (χ1) is 8.06. The Labute approximate surface area is 106 Å². The van der Waals surface area contributed by atoms with Gasteiger partial charge in [-0.15, -0.1) is 0 Å². The fraction of sp³-hybridized carbons (Fsp3) is 0.300. The SMILES string of the molecule is O=C(NC(CCO)C(=O)O)c1ncccc1Br. The smallest absolute Gasteiger partial charge is 0.326 e. The average molecular weight is 303 g/mol. The number of aliphatic carboxylic acids is 1. The summed E-state index contributed by atoms with van der Waals surface area (Å²) in [6, 6.07) is 2.15. The predicted octanol–water partition coefficient (Wildman–Crippen LogP) is 0.410. The number of aromatic nitrogens is 1. The Kier molecular flexibility index (Phi) is 5.05. The van der Waals surface area contributed by atoms with Crippen LogP contribution in [-0.4, -0.2) is 39.7 Å². The van der Waals surface area contributed by atoms with Crippen LogP contribution in [0, 0.1) is 0 Å². The molecule has 0 aliphatic rings. The average Bonchev–Trinajstić information content (AvgIpc) is 2.28. The Morgan fingerprint density at radius 1 is 1.53 bits per heavy atom. The van der Waals surface area contributed by atoms with E-state index in [0.29, 0.717) is 4.47 Å². The van der Waals surface area contributed by atoms with Gasteiger partial charge in [-0.3, -0.25) is 4.79 Å². The van der Waals surface area contributed by atoms with Crippen LogP contribution in [-0.2, 0) is 4.79 Å². The lowest BCUT2D eigenvalue weighted by Gasteiger charge is -2.13. The van der Waals surface area contributed by atoms with Gasteiger partial charge in [-0.05, 0) is 28.1 Å². The summed E-state index contributed by atoms with van der Waals surface area (Å²) in [5, 5.41) is 19.8. The molecule has 1 rings (SSSR count). The highest BCUT2D eigenvalue weighted by molar-refractivity contribution is 9.10. The number of rotatable bonds is 5. The Morgan fingerprint density at radius 2 is 2.24 bits per heavy atom. The summed E-state index contributed by atoms with van der Waals surface area (Å²) >= 11 is 3.14. The molecule has 7 heteroatoms.